The van der Waals surface area contributed by atoms with Crippen molar-refractivity contribution in [1.29, 1.82) is 0 Å². The third-order valence-electron chi connectivity index (χ3n) is 3.53. The van der Waals surface area contributed by atoms with Gasteiger partial charge in [0.2, 0.25) is 11.7 Å². The summed E-state index contributed by atoms with van der Waals surface area (Å²) in [4.78, 5) is 21.4. The van der Waals surface area contributed by atoms with E-state index in [1.165, 1.54) is 0 Å². The van der Waals surface area contributed by atoms with Gasteiger partial charge in [0.25, 0.3) is 0 Å². The molecule has 0 spiro atoms. The molecular formula is C13H15N5O3. The van der Waals surface area contributed by atoms with Crippen LogP contribution >= 0.6 is 0 Å². The first-order chi connectivity index (χ1) is 10.1. The third kappa shape index (κ3) is 2.76. The highest BCUT2D eigenvalue weighted by molar-refractivity contribution is 5.79. The first-order valence-electron chi connectivity index (χ1n) is 6.55. The maximum absolute atomic E-state index is 11.1. The van der Waals surface area contributed by atoms with Crippen molar-refractivity contribution in [2.24, 2.45) is 5.73 Å². The number of carbonyl (C=O) groups is 1. The minimum absolute atomic E-state index is 0.267. The zero-order valence-electron chi connectivity index (χ0n) is 11.3. The molecule has 3 rings (SSSR count). The molecule has 0 radical (unpaired) electrons. The van der Waals surface area contributed by atoms with Crippen molar-refractivity contribution in [3.63, 3.8) is 0 Å². The van der Waals surface area contributed by atoms with Gasteiger partial charge in [-0.15, -0.1) is 0 Å². The van der Waals surface area contributed by atoms with Crippen LogP contribution in [0.3, 0.4) is 0 Å². The van der Waals surface area contributed by atoms with Crippen LogP contribution in [0.25, 0.3) is 11.5 Å². The van der Waals surface area contributed by atoms with Gasteiger partial charge in [-0.1, -0.05) is 11.2 Å². The van der Waals surface area contributed by atoms with Crippen LogP contribution in [0.15, 0.2) is 28.9 Å². The van der Waals surface area contributed by atoms with Gasteiger partial charge < -0.3 is 15.4 Å². The molecule has 1 saturated heterocycles. The Morgan fingerprint density at radius 3 is 3.05 bits per heavy atom. The molecule has 0 aliphatic carbocycles. The van der Waals surface area contributed by atoms with Gasteiger partial charge in [0.05, 0.1) is 6.54 Å². The number of aromatic nitrogens is 3. The molecule has 21 heavy (non-hydrogen) atoms. The average molecular weight is 289 g/mol. The molecule has 1 unspecified atom stereocenters. The number of rotatable bonds is 4. The predicted octanol–water partition coefficient (Wildman–Crippen LogP) is 0.119. The van der Waals surface area contributed by atoms with E-state index < -0.39 is 11.5 Å². The maximum atomic E-state index is 11.1. The van der Waals surface area contributed by atoms with E-state index >= 15 is 0 Å². The number of hydrogen-bond acceptors (Lipinski definition) is 7. The Hall–Kier alpha value is -2.32. The van der Waals surface area contributed by atoms with E-state index in [-0.39, 0.29) is 6.54 Å². The molecule has 2 aromatic rings. The third-order valence-corrected chi connectivity index (χ3v) is 3.53. The fraction of sp³-hybridized carbons (Fsp3) is 0.385. The molecule has 8 heteroatoms. The highest BCUT2D eigenvalue weighted by Gasteiger charge is 2.41. The minimum atomic E-state index is -1.19. The summed E-state index contributed by atoms with van der Waals surface area (Å²) in [6.45, 7) is 1.24. The van der Waals surface area contributed by atoms with Crippen molar-refractivity contribution in [3.05, 3.63) is 30.3 Å². The number of nitrogens with zero attached hydrogens (tertiary/aromatic N) is 4. The highest BCUT2D eigenvalue weighted by Crippen LogP contribution is 2.21. The summed E-state index contributed by atoms with van der Waals surface area (Å²) < 4.78 is 5.18. The Labute approximate surface area is 120 Å². The van der Waals surface area contributed by atoms with Gasteiger partial charge in [0, 0.05) is 19.3 Å². The quantitative estimate of drug-likeness (QED) is 0.814. The average Bonchev–Trinajstić information content (AvgIpc) is 3.08. The van der Waals surface area contributed by atoms with Crippen LogP contribution in [0.4, 0.5) is 0 Å². The van der Waals surface area contributed by atoms with Gasteiger partial charge in [-0.3, -0.25) is 14.7 Å². The molecule has 3 heterocycles. The van der Waals surface area contributed by atoms with Crippen LogP contribution in [-0.4, -0.2) is 49.7 Å². The van der Waals surface area contributed by atoms with Crippen LogP contribution in [0.2, 0.25) is 0 Å². The number of carboxylic acids is 1. The molecule has 0 bridgehead atoms. The van der Waals surface area contributed by atoms with Gasteiger partial charge >= 0.3 is 5.97 Å². The van der Waals surface area contributed by atoms with E-state index in [0.29, 0.717) is 36.9 Å². The molecule has 1 aliphatic rings. The predicted molar refractivity (Wildman–Crippen MR) is 72.0 cm³/mol. The monoisotopic (exact) mass is 289 g/mol. The summed E-state index contributed by atoms with van der Waals surface area (Å²) in [6.07, 6.45) is 2.06. The molecule has 1 atom stereocenters. The summed E-state index contributed by atoms with van der Waals surface area (Å²) in [6, 6.07) is 5.44. The molecule has 0 aromatic carbocycles. The van der Waals surface area contributed by atoms with Gasteiger partial charge in [-0.05, 0) is 18.6 Å². The second kappa shape index (κ2) is 5.23. The SMILES string of the molecule is NC1(C(=O)O)CCN(Cc2nc(-c3ccccn3)no2)C1. The first-order valence-corrected chi connectivity index (χ1v) is 6.55. The van der Waals surface area contributed by atoms with E-state index in [1.54, 1.807) is 12.3 Å². The number of carboxylic acid groups (broad SMARTS) is 1. The Kier molecular flexibility index (Phi) is 3.40. The Morgan fingerprint density at radius 2 is 2.38 bits per heavy atom. The van der Waals surface area contributed by atoms with Crippen molar-refractivity contribution >= 4 is 5.97 Å². The lowest BCUT2D eigenvalue weighted by Crippen LogP contribution is -2.50. The van der Waals surface area contributed by atoms with E-state index in [2.05, 4.69) is 15.1 Å². The van der Waals surface area contributed by atoms with Crippen LogP contribution in [0, 0.1) is 0 Å². The van der Waals surface area contributed by atoms with Crippen molar-refractivity contribution in [2.45, 2.75) is 18.5 Å². The summed E-state index contributed by atoms with van der Waals surface area (Å²) in [5.74, 6) is -0.142. The smallest absolute Gasteiger partial charge is 0.325 e. The highest BCUT2D eigenvalue weighted by atomic mass is 16.5. The van der Waals surface area contributed by atoms with Crippen LogP contribution in [0.1, 0.15) is 12.3 Å². The van der Waals surface area contributed by atoms with Crippen LogP contribution < -0.4 is 5.73 Å². The second-order valence-electron chi connectivity index (χ2n) is 5.15. The van der Waals surface area contributed by atoms with Gasteiger partial charge in [0.1, 0.15) is 11.2 Å². The van der Waals surface area contributed by atoms with E-state index in [9.17, 15) is 4.79 Å². The molecule has 1 aliphatic heterocycles. The molecule has 3 N–H and O–H groups in total. The normalized spacial score (nSPS) is 22.5. The fourth-order valence-electron chi connectivity index (χ4n) is 2.33. The van der Waals surface area contributed by atoms with Crippen molar-refractivity contribution < 1.29 is 14.4 Å². The number of aliphatic carboxylic acids is 1. The first kappa shape index (κ1) is 13.7. The minimum Gasteiger partial charge on any atom is -0.480 e. The van der Waals surface area contributed by atoms with Crippen LogP contribution in [0.5, 0.6) is 0 Å². The fourth-order valence-corrected chi connectivity index (χ4v) is 2.33. The maximum Gasteiger partial charge on any atom is 0.325 e. The lowest BCUT2D eigenvalue weighted by molar-refractivity contribution is -0.142. The summed E-state index contributed by atoms with van der Waals surface area (Å²) in [7, 11) is 0. The topological polar surface area (TPSA) is 118 Å². The van der Waals surface area contributed by atoms with E-state index in [1.807, 2.05) is 17.0 Å². The summed E-state index contributed by atoms with van der Waals surface area (Å²) >= 11 is 0. The lowest BCUT2D eigenvalue weighted by Gasteiger charge is -2.18. The number of pyridine rings is 1. The largest absolute Gasteiger partial charge is 0.480 e. The number of likely N-dealkylation sites (tertiary alicyclic amines) is 1. The Morgan fingerprint density at radius 1 is 1.52 bits per heavy atom. The number of nitrogens with two attached hydrogens (primary N) is 1. The lowest BCUT2D eigenvalue weighted by atomic mass is 10.0. The summed E-state index contributed by atoms with van der Waals surface area (Å²) in [5.41, 5.74) is 5.27. The Balaban J connectivity index is 1.68. The molecule has 1 fully saturated rings. The second-order valence-corrected chi connectivity index (χ2v) is 5.15. The van der Waals surface area contributed by atoms with Crippen LogP contribution in [-0.2, 0) is 11.3 Å². The Bertz CT molecular complexity index is 644. The van der Waals surface area contributed by atoms with Gasteiger partial charge in [-0.25, -0.2) is 0 Å². The van der Waals surface area contributed by atoms with Gasteiger partial charge in [0.15, 0.2) is 0 Å². The van der Waals surface area contributed by atoms with E-state index in [0.717, 1.165) is 0 Å². The van der Waals surface area contributed by atoms with Gasteiger partial charge in [-0.2, -0.15) is 4.98 Å². The molecule has 2 aromatic heterocycles. The van der Waals surface area contributed by atoms with Crippen molar-refractivity contribution in [2.75, 3.05) is 13.1 Å². The zero-order valence-corrected chi connectivity index (χ0v) is 11.3. The molecular weight excluding hydrogens is 274 g/mol. The van der Waals surface area contributed by atoms with Crippen molar-refractivity contribution in [1.82, 2.24) is 20.0 Å². The molecule has 0 amide bonds. The zero-order chi connectivity index (χ0) is 14.9. The van der Waals surface area contributed by atoms with Crippen molar-refractivity contribution in [3.8, 4) is 11.5 Å². The number of hydrogen-bond donors (Lipinski definition) is 2. The molecule has 0 saturated carbocycles. The van der Waals surface area contributed by atoms with E-state index in [4.69, 9.17) is 15.4 Å². The molecule has 8 nitrogen and oxygen atoms in total. The standard InChI is InChI=1S/C13H15N5O3/c14-13(12(19)20)4-6-18(8-13)7-10-16-11(17-21-10)9-3-1-2-5-15-9/h1-3,5H,4,6-8,14H2,(H,19,20). The summed E-state index contributed by atoms with van der Waals surface area (Å²) in [5, 5.41) is 13.0. The molecule has 110 valence electrons.